The fourth-order valence-electron chi connectivity index (χ4n) is 2.08. The molecule has 0 spiro atoms. The summed E-state index contributed by atoms with van der Waals surface area (Å²) in [6.07, 6.45) is 9.62. The van der Waals surface area contributed by atoms with Gasteiger partial charge in [-0.05, 0) is 63.6 Å². The van der Waals surface area contributed by atoms with Crippen molar-refractivity contribution >= 4 is 34.2 Å². The van der Waals surface area contributed by atoms with Crippen LogP contribution in [-0.4, -0.2) is 35.8 Å². The zero-order chi connectivity index (χ0) is 16.1. The Morgan fingerprint density at radius 2 is 2.10 bits per heavy atom. The summed E-state index contributed by atoms with van der Waals surface area (Å²) < 4.78 is 0.921. The molecule has 0 aliphatic heterocycles. The topological polar surface area (TPSA) is 3.24 Å². The summed E-state index contributed by atoms with van der Waals surface area (Å²) in [7, 11) is 4.24. The smallest absolute Gasteiger partial charge is 0.0320 e. The highest BCUT2D eigenvalue weighted by Gasteiger charge is 2.14. The van der Waals surface area contributed by atoms with Gasteiger partial charge < -0.3 is 4.90 Å². The SMILES string of the molecule is C=C=C(/C=C(\C=C=CC)C(CCCCCl)CN(C)C)CI. The molecule has 0 saturated carbocycles. The second kappa shape index (κ2) is 13.4. The molecule has 0 aromatic carbocycles. The third-order valence-electron chi connectivity index (χ3n) is 3.12. The van der Waals surface area contributed by atoms with Crippen LogP contribution < -0.4 is 0 Å². The Labute approximate surface area is 149 Å². The summed E-state index contributed by atoms with van der Waals surface area (Å²) in [4.78, 5) is 2.24. The van der Waals surface area contributed by atoms with Crippen molar-refractivity contribution in [3.63, 3.8) is 0 Å². The Bertz CT molecular complexity index is 424. The molecule has 0 aromatic heterocycles. The standard InChI is InChI=1S/C18H27ClIN/c1-5-7-10-17(13-16(6-2)14-20)18(15-21(3)4)11-8-9-12-19/h5,10,13,18H,2,8-9,11-12,14-15H2,1,3-4H3/b17-13+. The summed E-state index contributed by atoms with van der Waals surface area (Å²) in [6.45, 7) is 6.80. The number of alkyl halides is 2. The van der Waals surface area contributed by atoms with E-state index < -0.39 is 0 Å². The highest BCUT2D eigenvalue weighted by Crippen LogP contribution is 2.22. The molecule has 21 heavy (non-hydrogen) atoms. The Hall–Kier alpha value is -0.240. The molecule has 118 valence electrons. The van der Waals surface area contributed by atoms with Crippen molar-refractivity contribution in [2.45, 2.75) is 26.2 Å². The first-order valence-electron chi connectivity index (χ1n) is 7.33. The second-order valence-electron chi connectivity index (χ2n) is 5.22. The average molecular weight is 420 g/mol. The molecule has 0 rings (SSSR count). The van der Waals surface area contributed by atoms with E-state index in [-0.39, 0.29) is 0 Å². The number of allylic oxidation sites excluding steroid dienone is 3. The predicted molar refractivity (Wildman–Crippen MR) is 105 cm³/mol. The Morgan fingerprint density at radius 3 is 2.57 bits per heavy atom. The lowest BCUT2D eigenvalue weighted by Gasteiger charge is -2.22. The number of unbranched alkanes of at least 4 members (excludes halogenated alkanes) is 1. The van der Waals surface area contributed by atoms with E-state index in [1.165, 1.54) is 5.57 Å². The molecule has 0 aliphatic rings. The average Bonchev–Trinajstić information content (AvgIpc) is 2.46. The van der Waals surface area contributed by atoms with Gasteiger partial charge in [0.1, 0.15) is 0 Å². The van der Waals surface area contributed by atoms with E-state index in [1.807, 2.05) is 13.0 Å². The number of hydrogen-bond donors (Lipinski definition) is 0. The van der Waals surface area contributed by atoms with Crippen molar-refractivity contribution in [1.82, 2.24) is 4.90 Å². The minimum atomic E-state index is 0.488. The lowest BCUT2D eigenvalue weighted by Crippen LogP contribution is -2.23. The molecule has 0 saturated heterocycles. The molecular formula is C18H27ClIN. The van der Waals surface area contributed by atoms with Crippen LogP contribution in [0.25, 0.3) is 0 Å². The first kappa shape index (κ1) is 20.8. The summed E-state index contributed by atoms with van der Waals surface area (Å²) in [6, 6.07) is 0. The number of hydrogen-bond acceptors (Lipinski definition) is 1. The molecule has 0 heterocycles. The highest BCUT2D eigenvalue weighted by molar-refractivity contribution is 14.1. The molecular weight excluding hydrogens is 393 g/mol. The zero-order valence-corrected chi connectivity index (χ0v) is 16.4. The van der Waals surface area contributed by atoms with Gasteiger partial charge in [-0.25, -0.2) is 0 Å². The van der Waals surface area contributed by atoms with E-state index in [1.54, 1.807) is 0 Å². The molecule has 0 fully saturated rings. The maximum absolute atomic E-state index is 5.81. The number of halogens is 2. The van der Waals surface area contributed by atoms with Crippen molar-refractivity contribution in [3.8, 4) is 0 Å². The Balaban J connectivity index is 5.34. The van der Waals surface area contributed by atoms with Crippen LogP contribution in [0.15, 0.2) is 47.4 Å². The van der Waals surface area contributed by atoms with Gasteiger partial charge in [-0.2, -0.15) is 0 Å². The van der Waals surface area contributed by atoms with Gasteiger partial charge in [0.25, 0.3) is 0 Å². The lowest BCUT2D eigenvalue weighted by molar-refractivity contribution is 0.338. The maximum Gasteiger partial charge on any atom is 0.0320 e. The van der Waals surface area contributed by atoms with Crippen LogP contribution in [0.4, 0.5) is 0 Å². The molecule has 0 aromatic rings. The third kappa shape index (κ3) is 10.2. The molecule has 0 radical (unpaired) electrons. The molecule has 1 nitrogen and oxygen atoms in total. The van der Waals surface area contributed by atoms with E-state index in [0.29, 0.717) is 5.92 Å². The lowest BCUT2D eigenvalue weighted by atomic mass is 9.91. The number of nitrogens with zero attached hydrogens (tertiary/aromatic N) is 1. The van der Waals surface area contributed by atoms with Crippen LogP contribution >= 0.6 is 34.2 Å². The van der Waals surface area contributed by atoms with Gasteiger partial charge in [0.2, 0.25) is 0 Å². The highest BCUT2D eigenvalue weighted by atomic mass is 127. The van der Waals surface area contributed by atoms with Gasteiger partial charge in [-0.1, -0.05) is 35.6 Å². The summed E-state index contributed by atoms with van der Waals surface area (Å²) in [5, 5.41) is 0. The number of rotatable bonds is 10. The van der Waals surface area contributed by atoms with E-state index in [4.69, 9.17) is 11.6 Å². The molecule has 3 heteroatoms. The minimum Gasteiger partial charge on any atom is -0.309 e. The van der Waals surface area contributed by atoms with Gasteiger partial charge in [0, 0.05) is 22.4 Å². The fourth-order valence-corrected chi connectivity index (χ4v) is 2.76. The Morgan fingerprint density at radius 1 is 1.38 bits per heavy atom. The van der Waals surface area contributed by atoms with Gasteiger partial charge in [0.05, 0.1) is 0 Å². The third-order valence-corrected chi connectivity index (χ3v) is 4.21. The largest absolute Gasteiger partial charge is 0.309 e. The molecule has 0 N–H and O–H groups in total. The summed E-state index contributed by atoms with van der Waals surface area (Å²) >= 11 is 8.16. The van der Waals surface area contributed by atoms with Crippen molar-refractivity contribution in [1.29, 1.82) is 0 Å². The molecule has 1 unspecified atom stereocenters. The van der Waals surface area contributed by atoms with Crippen LogP contribution in [0.2, 0.25) is 0 Å². The molecule has 0 amide bonds. The van der Waals surface area contributed by atoms with Crippen molar-refractivity contribution in [3.05, 3.63) is 47.4 Å². The summed E-state index contributed by atoms with van der Waals surface area (Å²) in [5.74, 6) is 1.23. The molecule has 1 atom stereocenters. The van der Waals surface area contributed by atoms with Crippen molar-refractivity contribution < 1.29 is 0 Å². The van der Waals surface area contributed by atoms with Crippen LogP contribution in [0.5, 0.6) is 0 Å². The van der Waals surface area contributed by atoms with Crippen LogP contribution in [0.3, 0.4) is 0 Å². The fraction of sp³-hybridized carbons (Fsp3) is 0.556. The van der Waals surface area contributed by atoms with Gasteiger partial charge in [0.15, 0.2) is 0 Å². The van der Waals surface area contributed by atoms with Gasteiger partial charge in [-0.15, -0.1) is 23.1 Å². The normalized spacial score (nSPS) is 12.6. The van der Waals surface area contributed by atoms with E-state index in [0.717, 1.165) is 41.7 Å². The molecule has 0 aliphatic carbocycles. The predicted octanol–water partition coefficient (Wildman–Crippen LogP) is 5.38. The van der Waals surface area contributed by atoms with Crippen molar-refractivity contribution in [2.75, 3.05) is 30.9 Å². The minimum absolute atomic E-state index is 0.488. The zero-order valence-electron chi connectivity index (χ0n) is 13.5. The first-order chi connectivity index (χ1) is 10.1. The van der Waals surface area contributed by atoms with E-state index in [9.17, 15) is 0 Å². The van der Waals surface area contributed by atoms with Gasteiger partial charge >= 0.3 is 0 Å². The van der Waals surface area contributed by atoms with E-state index >= 15 is 0 Å². The summed E-state index contributed by atoms with van der Waals surface area (Å²) in [5.41, 5.74) is 8.69. The quantitative estimate of drug-likeness (QED) is 0.151. The van der Waals surface area contributed by atoms with Crippen molar-refractivity contribution in [2.24, 2.45) is 5.92 Å². The van der Waals surface area contributed by atoms with Crippen LogP contribution in [0, 0.1) is 5.92 Å². The monoisotopic (exact) mass is 419 g/mol. The Kier molecular flexibility index (Phi) is 13.3. The van der Waals surface area contributed by atoms with Crippen LogP contribution in [-0.2, 0) is 0 Å². The second-order valence-corrected chi connectivity index (χ2v) is 6.36. The van der Waals surface area contributed by atoms with Crippen LogP contribution in [0.1, 0.15) is 26.2 Å². The first-order valence-corrected chi connectivity index (χ1v) is 9.39. The van der Waals surface area contributed by atoms with E-state index in [2.05, 4.69) is 71.8 Å². The van der Waals surface area contributed by atoms with Gasteiger partial charge in [-0.3, -0.25) is 0 Å². The maximum atomic E-state index is 5.81. The molecule has 0 bridgehead atoms.